The molecule has 0 bridgehead atoms. The van der Waals surface area contributed by atoms with E-state index in [2.05, 4.69) is 9.97 Å². The normalized spacial score (nSPS) is 8.41. The van der Waals surface area contributed by atoms with Gasteiger partial charge in [-0.05, 0) is 24.3 Å². The highest BCUT2D eigenvalue weighted by Crippen LogP contribution is 1.91. The molecule has 22 heavy (non-hydrogen) atoms. The van der Waals surface area contributed by atoms with Crippen LogP contribution in [0, 0.1) is 0 Å². The number of carboxylic acids is 3. The number of pyridine rings is 2. The van der Waals surface area contributed by atoms with Gasteiger partial charge in [0.15, 0.2) is 0 Å². The summed E-state index contributed by atoms with van der Waals surface area (Å²) < 4.78 is 0. The van der Waals surface area contributed by atoms with Crippen LogP contribution in [0.15, 0.2) is 48.8 Å². The number of aliphatic carboxylic acids is 1. The number of hydrogen-bond acceptors (Lipinski definition) is 5. The van der Waals surface area contributed by atoms with Gasteiger partial charge in [-0.2, -0.15) is 0 Å². The van der Waals surface area contributed by atoms with E-state index in [1.165, 1.54) is 24.5 Å². The summed E-state index contributed by atoms with van der Waals surface area (Å²) in [7, 11) is 0. The number of carboxylic acid groups (broad SMARTS) is 3. The lowest BCUT2D eigenvalue weighted by Crippen LogP contribution is -1.97. The molecule has 0 amide bonds. The van der Waals surface area contributed by atoms with Crippen LogP contribution in [0.4, 0.5) is 0 Å². The molecule has 0 aromatic carbocycles. The highest BCUT2D eigenvalue weighted by molar-refractivity contribution is 5.85. The van der Waals surface area contributed by atoms with Crippen molar-refractivity contribution in [2.45, 2.75) is 6.92 Å². The van der Waals surface area contributed by atoms with Crippen molar-refractivity contribution in [3.63, 3.8) is 0 Å². The molecule has 0 saturated heterocycles. The van der Waals surface area contributed by atoms with Crippen molar-refractivity contribution >= 4 is 17.9 Å². The lowest BCUT2D eigenvalue weighted by Gasteiger charge is -1.87. The molecule has 0 spiro atoms. The van der Waals surface area contributed by atoms with Crippen LogP contribution in [0.5, 0.6) is 0 Å². The zero-order valence-corrected chi connectivity index (χ0v) is 11.6. The number of aromatic carboxylic acids is 2. The smallest absolute Gasteiger partial charge is 0.354 e. The average molecular weight is 306 g/mol. The summed E-state index contributed by atoms with van der Waals surface area (Å²) in [4.78, 5) is 36.4. The van der Waals surface area contributed by atoms with E-state index in [-0.39, 0.29) is 11.4 Å². The number of nitrogens with zero attached hydrogens (tertiary/aromatic N) is 2. The molecule has 0 fully saturated rings. The number of rotatable bonds is 2. The maximum atomic E-state index is 10.1. The summed E-state index contributed by atoms with van der Waals surface area (Å²) in [5.74, 6) is -2.81. The van der Waals surface area contributed by atoms with Gasteiger partial charge >= 0.3 is 11.9 Å². The minimum absolute atomic E-state index is 0.0810. The molecule has 8 heteroatoms. The molecule has 0 aliphatic rings. The van der Waals surface area contributed by atoms with Gasteiger partial charge in [0.25, 0.3) is 5.97 Å². The van der Waals surface area contributed by atoms with E-state index >= 15 is 0 Å². The number of aromatic nitrogens is 2. The summed E-state index contributed by atoms with van der Waals surface area (Å²) in [5.41, 5.74) is 0.162. The largest absolute Gasteiger partial charge is 0.481 e. The Kier molecular flexibility index (Phi) is 8.92. The monoisotopic (exact) mass is 306 g/mol. The van der Waals surface area contributed by atoms with Gasteiger partial charge in [0.1, 0.15) is 11.4 Å². The Morgan fingerprint density at radius 1 is 0.773 bits per heavy atom. The van der Waals surface area contributed by atoms with Crippen LogP contribution in [-0.2, 0) is 4.79 Å². The third-order valence-corrected chi connectivity index (χ3v) is 1.77. The lowest BCUT2D eigenvalue weighted by atomic mass is 10.4. The van der Waals surface area contributed by atoms with E-state index in [1.54, 1.807) is 24.3 Å². The van der Waals surface area contributed by atoms with Crippen molar-refractivity contribution < 1.29 is 29.7 Å². The van der Waals surface area contributed by atoms with Crippen LogP contribution < -0.4 is 0 Å². The Morgan fingerprint density at radius 3 is 1.23 bits per heavy atom. The van der Waals surface area contributed by atoms with Crippen molar-refractivity contribution in [3.05, 3.63) is 60.2 Å². The van der Waals surface area contributed by atoms with Gasteiger partial charge in [-0.3, -0.25) is 4.79 Å². The Labute approximate surface area is 125 Å². The molecule has 0 aliphatic carbocycles. The first-order chi connectivity index (χ1) is 10.3. The van der Waals surface area contributed by atoms with Crippen molar-refractivity contribution in [2.75, 3.05) is 0 Å². The van der Waals surface area contributed by atoms with Gasteiger partial charge in [0.05, 0.1) is 0 Å². The molecule has 0 atom stereocenters. The van der Waals surface area contributed by atoms with Gasteiger partial charge in [-0.1, -0.05) is 12.1 Å². The summed E-state index contributed by atoms with van der Waals surface area (Å²) in [5, 5.41) is 24.1. The highest BCUT2D eigenvalue weighted by Gasteiger charge is 1.99. The van der Waals surface area contributed by atoms with Crippen molar-refractivity contribution in [1.82, 2.24) is 9.97 Å². The van der Waals surface area contributed by atoms with E-state index in [0.29, 0.717) is 0 Å². The van der Waals surface area contributed by atoms with Gasteiger partial charge in [0, 0.05) is 19.3 Å². The minimum Gasteiger partial charge on any atom is -0.481 e. The summed E-state index contributed by atoms with van der Waals surface area (Å²) >= 11 is 0. The Hall–Kier alpha value is -3.29. The summed E-state index contributed by atoms with van der Waals surface area (Å²) in [6.45, 7) is 1.08. The molecular formula is C14H14N2O6. The minimum atomic E-state index is -0.990. The zero-order chi connectivity index (χ0) is 17.0. The van der Waals surface area contributed by atoms with E-state index in [0.717, 1.165) is 6.92 Å². The molecule has 2 rings (SSSR count). The maximum Gasteiger partial charge on any atom is 0.354 e. The SMILES string of the molecule is CC(=O)O.O=C(O)c1ccccn1.O=C(O)c1ccccn1. The first-order valence-electron chi connectivity index (χ1n) is 5.82. The van der Waals surface area contributed by atoms with Gasteiger partial charge in [0.2, 0.25) is 0 Å². The van der Waals surface area contributed by atoms with Crippen molar-refractivity contribution in [3.8, 4) is 0 Å². The fourth-order valence-corrected chi connectivity index (χ4v) is 0.979. The Balaban J connectivity index is 0.000000326. The Morgan fingerprint density at radius 2 is 1.09 bits per heavy atom. The van der Waals surface area contributed by atoms with Gasteiger partial charge in [-0.25, -0.2) is 19.6 Å². The third-order valence-electron chi connectivity index (χ3n) is 1.77. The third kappa shape index (κ3) is 9.62. The molecule has 2 heterocycles. The second kappa shape index (κ2) is 10.5. The standard InChI is InChI=1S/2C6H5NO2.C2H4O2/c2*8-6(9)5-3-1-2-4-7-5;1-2(3)4/h2*1-4H,(H,8,9);1H3,(H,3,4). The molecule has 0 unspecified atom stereocenters. The molecule has 0 aliphatic heterocycles. The average Bonchev–Trinajstić information content (AvgIpc) is 2.49. The van der Waals surface area contributed by atoms with Crippen molar-refractivity contribution in [1.29, 1.82) is 0 Å². The summed E-state index contributed by atoms with van der Waals surface area (Å²) in [6, 6.07) is 9.51. The fourth-order valence-electron chi connectivity index (χ4n) is 0.979. The second-order valence-corrected chi connectivity index (χ2v) is 3.56. The quantitative estimate of drug-likeness (QED) is 0.761. The number of hydrogen-bond donors (Lipinski definition) is 3. The lowest BCUT2D eigenvalue weighted by molar-refractivity contribution is -0.134. The molecule has 3 N–H and O–H groups in total. The predicted octanol–water partition coefficient (Wildman–Crippen LogP) is 1.65. The van der Waals surface area contributed by atoms with E-state index < -0.39 is 17.9 Å². The number of carbonyl (C=O) groups is 3. The highest BCUT2D eigenvalue weighted by atomic mass is 16.4. The van der Waals surface area contributed by atoms with Crippen LogP contribution in [0.3, 0.4) is 0 Å². The van der Waals surface area contributed by atoms with E-state index in [9.17, 15) is 9.59 Å². The molecule has 8 nitrogen and oxygen atoms in total. The van der Waals surface area contributed by atoms with Crippen LogP contribution in [-0.4, -0.2) is 43.2 Å². The molecule has 0 saturated carbocycles. The first-order valence-corrected chi connectivity index (χ1v) is 5.82. The van der Waals surface area contributed by atoms with Crippen LogP contribution in [0.2, 0.25) is 0 Å². The van der Waals surface area contributed by atoms with Crippen LogP contribution in [0.1, 0.15) is 27.9 Å². The van der Waals surface area contributed by atoms with E-state index in [1.807, 2.05) is 0 Å². The van der Waals surface area contributed by atoms with Crippen molar-refractivity contribution in [2.24, 2.45) is 0 Å². The molecule has 2 aromatic rings. The molecule has 2 aromatic heterocycles. The molecule has 116 valence electrons. The Bertz CT molecular complexity index is 548. The van der Waals surface area contributed by atoms with Gasteiger partial charge < -0.3 is 15.3 Å². The molecular weight excluding hydrogens is 292 g/mol. The zero-order valence-electron chi connectivity index (χ0n) is 11.6. The fraction of sp³-hybridized carbons (Fsp3) is 0.0714. The maximum absolute atomic E-state index is 10.1. The predicted molar refractivity (Wildman–Crippen MR) is 75.7 cm³/mol. The second-order valence-electron chi connectivity index (χ2n) is 3.56. The first kappa shape index (κ1) is 18.7. The van der Waals surface area contributed by atoms with Crippen LogP contribution >= 0.6 is 0 Å². The van der Waals surface area contributed by atoms with E-state index in [4.69, 9.17) is 20.1 Å². The van der Waals surface area contributed by atoms with Gasteiger partial charge in [-0.15, -0.1) is 0 Å². The summed E-state index contributed by atoms with van der Waals surface area (Å²) in [6.07, 6.45) is 2.90. The topological polar surface area (TPSA) is 138 Å². The van der Waals surface area contributed by atoms with Crippen LogP contribution in [0.25, 0.3) is 0 Å². The molecule has 0 radical (unpaired) electrons.